The topological polar surface area (TPSA) is 85.7 Å². The van der Waals surface area contributed by atoms with Crippen molar-refractivity contribution in [2.24, 2.45) is 11.8 Å². The van der Waals surface area contributed by atoms with Crippen molar-refractivity contribution in [3.05, 3.63) is 47.0 Å². The second-order valence-electron chi connectivity index (χ2n) is 10.8. The summed E-state index contributed by atoms with van der Waals surface area (Å²) in [6.45, 7) is 0. The highest BCUT2D eigenvalue weighted by Crippen LogP contribution is 2.40. The van der Waals surface area contributed by atoms with E-state index in [0.717, 1.165) is 61.3 Å². The van der Waals surface area contributed by atoms with Gasteiger partial charge in [-0.15, -0.1) is 0 Å². The van der Waals surface area contributed by atoms with Gasteiger partial charge in [-0.3, -0.25) is 9.59 Å². The van der Waals surface area contributed by atoms with Crippen LogP contribution in [0.2, 0.25) is 0 Å². The number of carbonyl (C=O) groups is 2. The minimum atomic E-state index is 0.362. The first-order valence-corrected chi connectivity index (χ1v) is 13.3. The molecule has 5 rings (SSSR count). The molecule has 0 spiro atoms. The minimum Gasteiger partial charge on any atom is -0.300 e. The van der Waals surface area contributed by atoms with Gasteiger partial charge < -0.3 is 0 Å². The first-order chi connectivity index (χ1) is 16.6. The van der Waals surface area contributed by atoms with Crippen LogP contribution in [0.25, 0.3) is 0 Å². The summed E-state index contributed by atoms with van der Waals surface area (Å²) < 4.78 is 0. The molecule has 180 valence electrons. The highest BCUT2D eigenvalue weighted by atomic mass is 16.1. The Morgan fingerprint density at radius 1 is 0.647 bits per heavy atom. The molecule has 3 fully saturated rings. The number of carbonyl (C=O) groups excluding carboxylic acids is 2. The van der Waals surface area contributed by atoms with E-state index in [2.05, 4.69) is 44.7 Å². The molecule has 3 aliphatic rings. The summed E-state index contributed by atoms with van der Waals surface area (Å²) in [6.07, 6.45) is 13.3. The molecule has 2 unspecified atom stereocenters. The third kappa shape index (κ3) is 6.77. The van der Waals surface area contributed by atoms with Gasteiger partial charge in [0, 0.05) is 37.5 Å². The van der Waals surface area contributed by atoms with Gasteiger partial charge in [-0.1, -0.05) is 6.42 Å². The van der Waals surface area contributed by atoms with Crippen molar-refractivity contribution in [3.8, 4) is 0 Å². The summed E-state index contributed by atoms with van der Waals surface area (Å²) in [5.41, 5.74) is 3.93. The molecule has 2 heterocycles. The molecule has 2 atom stereocenters. The van der Waals surface area contributed by atoms with Gasteiger partial charge in [0.15, 0.2) is 0 Å². The van der Waals surface area contributed by atoms with Crippen molar-refractivity contribution in [1.29, 1.82) is 0 Å². The van der Waals surface area contributed by atoms with Crippen LogP contribution in [-0.4, -0.2) is 32.0 Å². The van der Waals surface area contributed by atoms with Crippen LogP contribution in [-0.2, 0) is 22.4 Å². The molecule has 6 nitrogen and oxygen atoms in total. The van der Waals surface area contributed by atoms with Crippen LogP contribution in [0.4, 0.5) is 0 Å². The van der Waals surface area contributed by atoms with Gasteiger partial charge in [0.05, 0.1) is 22.8 Å². The van der Waals surface area contributed by atoms with Crippen LogP contribution >= 0.6 is 0 Å². The van der Waals surface area contributed by atoms with Crippen LogP contribution in [0.1, 0.15) is 112 Å². The van der Waals surface area contributed by atoms with Crippen LogP contribution in [0.3, 0.4) is 0 Å². The maximum atomic E-state index is 12.0. The molecule has 2 aromatic heterocycles. The number of rotatable bonds is 12. The van der Waals surface area contributed by atoms with Crippen LogP contribution in [0.15, 0.2) is 24.3 Å². The molecule has 0 N–H and O–H groups in total. The summed E-state index contributed by atoms with van der Waals surface area (Å²) in [5, 5.41) is 17.9. The molecule has 0 saturated heterocycles. The predicted octanol–water partition coefficient (Wildman–Crippen LogP) is 5.31. The van der Waals surface area contributed by atoms with E-state index < -0.39 is 0 Å². The van der Waals surface area contributed by atoms with Crippen molar-refractivity contribution in [1.82, 2.24) is 20.4 Å². The molecule has 0 radical (unpaired) electrons. The summed E-state index contributed by atoms with van der Waals surface area (Å²) in [7, 11) is 0. The van der Waals surface area contributed by atoms with Crippen molar-refractivity contribution >= 4 is 11.6 Å². The van der Waals surface area contributed by atoms with E-state index in [1.807, 2.05) is 0 Å². The molecular weight excluding hydrogens is 424 g/mol. The number of aryl methyl sites for hydroxylation is 2. The summed E-state index contributed by atoms with van der Waals surface area (Å²) >= 11 is 0. The van der Waals surface area contributed by atoms with Crippen molar-refractivity contribution < 1.29 is 9.59 Å². The average Bonchev–Trinajstić information content (AvgIpc) is 3.80. The molecule has 34 heavy (non-hydrogen) atoms. The molecule has 6 heteroatoms. The van der Waals surface area contributed by atoms with E-state index in [9.17, 15) is 9.59 Å². The lowest BCUT2D eigenvalue weighted by molar-refractivity contribution is -0.120. The number of nitrogens with zero attached hydrogens (tertiary/aromatic N) is 4. The Morgan fingerprint density at radius 2 is 1.12 bits per heavy atom. The summed E-state index contributed by atoms with van der Waals surface area (Å²) in [5.74, 6) is 2.81. The Bertz CT molecular complexity index is 901. The quantitative estimate of drug-likeness (QED) is 0.427. The molecule has 2 aromatic rings. The van der Waals surface area contributed by atoms with Gasteiger partial charge >= 0.3 is 0 Å². The monoisotopic (exact) mass is 460 g/mol. The molecule has 3 saturated carbocycles. The maximum Gasteiger partial charge on any atom is 0.133 e. The number of Topliss-reactive ketones (excluding diaryl/α,β-unsaturated/α-hetero) is 2. The van der Waals surface area contributed by atoms with Crippen molar-refractivity contribution in [2.75, 3.05) is 0 Å². The lowest BCUT2D eigenvalue weighted by Gasteiger charge is -2.28. The van der Waals surface area contributed by atoms with Gasteiger partial charge in [-0.25, -0.2) is 0 Å². The van der Waals surface area contributed by atoms with E-state index in [1.54, 1.807) is 0 Å². The number of hydrogen-bond donors (Lipinski definition) is 0. The molecule has 0 aromatic carbocycles. The van der Waals surface area contributed by atoms with Gasteiger partial charge in [0.25, 0.3) is 0 Å². The second-order valence-corrected chi connectivity index (χ2v) is 10.8. The lowest BCUT2D eigenvalue weighted by Crippen LogP contribution is -2.16. The Hall–Kier alpha value is -2.50. The van der Waals surface area contributed by atoms with Gasteiger partial charge in [0.1, 0.15) is 11.6 Å². The predicted molar refractivity (Wildman–Crippen MR) is 129 cm³/mol. The Morgan fingerprint density at radius 3 is 1.50 bits per heavy atom. The summed E-state index contributed by atoms with van der Waals surface area (Å²) in [4.78, 5) is 24.0. The highest BCUT2D eigenvalue weighted by molar-refractivity contribution is 5.79. The molecule has 3 aliphatic carbocycles. The highest BCUT2D eigenvalue weighted by Gasteiger charge is 2.27. The molecule has 0 bridgehead atoms. The van der Waals surface area contributed by atoms with Gasteiger partial charge in [-0.2, -0.15) is 20.4 Å². The van der Waals surface area contributed by atoms with E-state index in [4.69, 9.17) is 0 Å². The number of aromatic nitrogens is 4. The number of ketones is 2. The zero-order valence-corrected chi connectivity index (χ0v) is 20.1. The Labute approximate surface area is 202 Å². The van der Waals surface area contributed by atoms with Gasteiger partial charge in [0.2, 0.25) is 0 Å². The van der Waals surface area contributed by atoms with E-state index in [0.29, 0.717) is 60.9 Å². The minimum absolute atomic E-state index is 0.362. The molecule has 0 amide bonds. The average molecular weight is 461 g/mol. The number of hydrogen-bond acceptors (Lipinski definition) is 6. The third-order valence-electron chi connectivity index (χ3n) is 7.74. The van der Waals surface area contributed by atoms with E-state index >= 15 is 0 Å². The lowest BCUT2D eigenvalue weighted by atomic mass is 9.78. The standard InChI is InChI=1S/C28H36N4O2/c33-25(16-19-4-5-19)12-8-23-10-14-27(31-29-23)21-2-1-3-22(18-21)28-15-11-24(30-32-28)9-13-26(34)17-20-6-7-20/h10-11,14-15,19-22H,1-9,12-13,16-18H2. The van der Waals surface area contributed by atoms with E-state index in [1.165, 1.54) is 25.7 Å². The zero-order chi connectivity index (χ0) is 23.3. The first kappa shape index (κ1) is 23.3. The van der Waals surface area contributed by atoms with Crippen molar-refractivity contribution in [3.63, 3.8) is 0 Å². The fraction of sp³-hybridized carbons (Fsp3) is 0.643. The fourth-order valence-corrected chi connectivity index (χ4v) is 5.20. The van der Waals surface area contributed by atoms with Crippen LogP contribution in [0, 0.1) is 11.8 Å². The first-order valence-electron chi connectivity index (χ1n) is 13.3. The zero-order valence-electron chi connectivity index (χ0n) is 20.1. The normalized spacial score (nSPS) is 22.5. The molecular formula is C28H36N4O2. The van der Waals surface area contributed by atoms with Crippen LogP contribution < -0.4 is 0 Å². The van der Waals surface area contributed by atoms with E-state index in [-0.39, 0.29) is 0 Å². The Balaban J connectivity index is 1.10. The van der Waals surface area contributed by atoms with Gasteiger partial charge in [-0.05, 0) is 93.9 Å². The van der Waals surface area contributed by atoms with Crippen molar-refractivity contribution in [2.45, 2.75) is 102 Å². The fourth-order valence-electron chi connectivity index (χ4n) is 5.20. The Kier molecular flexibility index (Phi) is 7.41. The largest absolute Gasteiger partial charge is 0.300 e. The SMILES string of the molecule is O=C(CCc1ccc(C2CCCC(c3ccc(CCC(=O)CC4CC4)nn3)C2)nn1)CC1CC1. The molecule has 0 aliphatic heterocycles. The van der Waals surface area contributed by atoms with Crippen LogP contribution in [0.5, 0.6) is 0 Å². The maximum absolute atomic E-state index is 12.0. The third-order valence-corrected chi connectivity index (χ3v) is 7.74. The summed E-state index contributed by atoms with van der Waals surface area (Å²) in [6, 6.07) is 8.31. The smallest absolute Gasteiger partial charge is 0.133 e. The second kappa shape index (κ2) is 10.8.